The first-order valence-electron chi connectivity index (χ1n) is 5.74. The SMILES string of the molecule is CCOC(=O)c1cc2ccc(OC)cc2[o+]c1C. The second kappa shape index (κ2) is 5.04. The minimum atomic E-state index is -0.364. The van der Waals surface area contributed by atoms with Crippen LogP contribution in [0.15, 0.2) is 28.7 Å². The molecule has 4 heteroatoms. The Hall–Kier alpha value is -2.10. The van der Waals surface area contributed by atoms with Crippen LogP contribution in [0.25, 0.3) is 11.0 Å². The molecule has 0 spiro atoms. The van der Waals surface area contributed by atoms with Crippen molar-refractivity contribution in [3.05, 3.63) is 35.6 Å². The Morgan fingerprint density at radius 3 is 2.78 bits per heavy atom. The molecule has 0 fully saturated rings. The van der Waals surface area contributed by atoms with E-state index < -0.39 is 0 Å². The molecule has 2 aromatic rings. The van der Waals surface area contributed by atoms with Gasteiger partial charge in [0.15, 0.2) is 5.56 Å². The van der Waals surface area contributed by atoms with Gasteiger partial charge in [0.05, 0.1) is 32.1 Å². The van der Waals surface area contributed by atoms with Crippen molar-refractivity contribution in [3.63, 3.8) is 0 Å². The molecule has 18 heavy (non-hydrogen) atoms. The molecule has 0 N–H and O–H groups in total. The van der Waals surface area contributed by atoms with Gasteiger partial charge in [0, 0.05) is 0 Å². The first-order valence-corrected chi connectivity index (χ1v) is 5.74. The second-order valence-electron chi connectivity index (χ2n) is 3.84. The lowest BCUT2D eigenvalue weighted by molar-refractivity contribution is 0.0523. The molecule has 94 valence electrons. The fraction of sp³-hybridized carbons (Fsp3) is 0.286. The predicted octanol–water partition coefficient (Wildman–Crippen LogP) is 3.21. The molecular weight excluding hydrogens is 232 g/mol. The summed E-state index contributed by atoms with van der Waals surface area (Å²) in [5.41, 5.74) is 1.13. The largest absolute Gasteiger partial charge is 0.496 e. The number of ether oxygens (including phenoxy) is 2. The molecule has 1 aromatic carbocycles. The number of esters is 1. The van der Waals surface area contributed by atoms with E-state index in [1.54, 1.807) is 33.1 Å². The molecule has 0 aliphatic heterocycles. The lowest BCUT2D eigenvalue weighted by Gasteiger charge is -2.01. The predicted molar refractivity (Wildman–Crippen MR) is 67.9 cm³/mol. The summed E-state index contributed by atoms with van der Waals surface area (Å²) in [6.07, 6.45) is 0. The summed E-state index contributed by atoms with van der Waals surface area (Å²) in [5.74, 6) is 0.889. The van der Waals surface area contributed by atoms with Gasteiger partial charge in [-0.3, -0.25) is 0 Å². The van der Waals surface area contributed by atoms with Gasteiger partial charge in [0.1, 0.15) is 5.75 Å². The standard InChI is InChI=1S/C14H15O4/c1-4-17-14(15)12-7-10-5-6-11(16-3)8-13(10)18-9(12)2/h5-8H,4H2,1-3H3/q+1. The van der Waals surface area contributed by atoms with Crippen molar-refractivity contribution in [1.82, 2.24) is 0 Å². The van der Waals surface area contributed by atoms with Crippen LogP contribution in [0.3, 0.4) is 0 Å². The van der Waals surface area contributed by atoms with E-state index in [2.05, 4.69) is 0 Å². The van der Waals surface area contributed by atoms with Crippen molar-refractivity contribution in [1.29, 1.82) is 0 Å². The number of hydrogen-bond donors (Lipinski definition) is 0. The van der Waals surface area contributed by atoms with Crippen molar-refractivity contribution < 1.29 is 18.7 Å². The minimum absolute atomic E-state index is 0.346. The van der Waals surface area contributed by atoms with Gasteiger partial charge in [-0.15, -0.1) is 0 Å². The molecule has 0 unspecified atom stereocenters. The molecule has 0 radical (unpaired) electrons. The molecule has 0 bridgehead atoms. The zero-order valence-corrected chi connectivity index (χ0v) is 10.6. The highest BCUT2D eigenvalue weighted by Gasteiger charge is 2.22. The van der Waals surface area contributed by atoms with Crippen LogP contribution < -0.4 is 4.74 Å². The lowest BCUT2D eigenvalue weighted by Crippen LogP contribution is -2.06. The summed E-state index contributed by atoms with van der Waals surface area (Å²) >= 11 is 0. The maximum Gasteiger partial charge on any atom is 0.363 e. The van der Waals surface area contributed by atoms with Crippen molar-refractivity contribution in [2.45, 2.75) is 13.8 Å². The smallest absolute Gasteiger partial charge is 0.363 e. The fourth-order valence-electron chi connectivity index (χ4n) is 1.74. The zero-order chi connectivity index (χ0) is 13.1. The van der Waals surface area contributed by atoms with Crippen molar-refractivity contribution in [3.8, 4) is 5.75 Å². The summed E-state index contributed by atoms with van der Waals surface area (Å²) in [6.45, 7) is 3.86. The molecule has 2 rings (SSSR count). The molecule has 0 atom stereocenters. The van der Waals surface area contributed by atoms with Crippen LogP contribution in [0.1, 0.15) is 23.0 Å². The summed E-state index contributed by atoms with van der Waals surface area (Å²) in [6, 6.07) is 7.23. The molecular formula is C14H15O4+. The first-order chi connectivity index (χ1) is 8.65. The van der Waals surface area contributed by atoms with Gasteiger partial charge in [-0.05, 0) is 25.1 Å². The highest BCUT2D eigenvalue weighted by Crippen LogP contribution is 2.24. The number of methoxy groups -OCH3 is 1. The van der Waals surface area contributed by atoms with Crippen molar-refractivity contribution >= 4 is 16.9 Å². The van der Waals surface area contributed by atoms with E-state index in [-0.39, 0.29) is 5.97 Å². The molecule has 0 aliphatic carbocycles. The Labute approximate surface area is 105 Å². The van der Waals surface area contributed by atoms with E-state index >= 15 is 0 Å². The Morgan fingerprint density at radius 1 is 1.33 bits per heavy atom. The van der Waals surface area contributed by atoms with Gasteiger partial charge >= 0.3 is 17.3 Å². The maximum absolute atomic E-state index is 11.7. The van der Waals surface area contributed by atoms with Gasteiger partial charge in [0.25, 0.3) is 0 Å². The van der Waals surface area contributed by atoms with Crippen molar-refractivity contribution in [2.24, 2.45) is 0 Å². The van der Waals surface area contributed by atoms with Crippen LogP contribution in [0, 0.1) is 6.92 Å². The van der Waals surface area contributed by atoms with Gasteiger partial charge in [-0.1, -0.05) is 0 Å². The zero-order valence-electron chi connectivity index (χ0n) is 10.6. The molecule has 0 aliphatic rings. The summed E-state index contributed by atoms with van der Waals surface area (Å²) in [4.78, 5) is 11.7. The monoisotopic (exact) mass is 247 g/mol. The maximum atomic E-state index is 11.7. The average molecular weight is 247 g/mol. The minimum Gasteiger partial charge on any atom is -0.496 e. The lowest BCUT2D eigenvalue weighted by atomic mass is 10.1. The highest BCUT2D eigenvalue weighted by atomic mass is 16.5. The third-order valence-electron chi connectivity index (χ3n) is 2.66. The van der Waals surface area contributed by atoms with E-state index in [1.807, 2.05) is 12.1 Å². The highest BCUT2D eigenvalue weighted by molar-refractivity contribution is 5.94. The van der Waals surface area contributed by atoms with Gasteiger partial charge in [-0.2, -0.15) is 0 Å². The Morgan fingerprint density at radius 2 is 2.11 bits per heavy atom. The average Bonchev–Trinajstić information content (AvgIpc) is 2.37. The second-order valence-corrected chi connectivity index (χ2v) is 3.84. The van der Waals surface area contributed by atoms with E-state index in [4.69, 9.17) is 13.9 Å². The number of rotatable bonds is 3. The molecule has 1 aromatic heterocycles. The van der Waals surface area contributed by atoms with Crippen LogP contribution >= 0.6 is 0 Å². The molecule has 4 nitrogen and oxygen atoms in total. The third kappa shape index (κ3) is 2.27. The number of hydrogen-bond acceptors (Lipinski definition) is 3. The first kappa shape index (κ1) is 12.4. The molecule has 0 saturated heterocycles. The quantitative estimate of drug-likeness (QED) is 0.617. The topological polar surface area (TPSA) is 46.8 Å². The summed E-state index contributed by atoms with van der Waals surface area (Å²) in [5, 5.41) is 0.837. The van der Waals surface area contributed by atoms with E-state index in [0.717, 1.165) is 11.1 Å². The molecule has 1 heterocycles. The Bertz CT molecular complexity index is 590. The summed E-state index contributed by atoms with van der Waals surface area (Å²) < 4.78 is 15.7. The number of carbonyl (C=O) groups excluding carboxylic acids is 1. The van der Waals surface area contributed by atoms with Crippen LogP contribution in [0.2, 0.25) is 0 Å². The van der Waals surface area contributed by atoms with Crippen molar-refractivity contribution in [2.75, 3.05) is 13.7 Å². The third-order valence-corrected chi connectivity index (χ3v) is 2.66. The number of benzene rings is 1. The van der Waals surface area contributed by atoms with Crippen LogP contribution in [0.4, 0.5) is 0 Å². The summed E-state index contributed by atoms with van der Waals surface area (Å²) in [7, 11) is 1.60. The van der Waals surface area contributed by atoms with E-state index in [9.17, 15) is 4.79 Å². The van der Waals surface area contributed by atoms with E-state index in [1.165, 1.54) is 0 Å². The van der Waals surface area contributed by atoms with E-state index in [0.29, 0.717) is 23.5 Å². The number of carbonyl (C=O) groups is 1. The Kier molecular flexibility index (Phi) is 3.46. The molecule has 0 amide bonds. The van der Waals surface area contributed by atoms with Crippen LogP contribution in [-0.2, 0) is 4.74 Å². The van der Waals surface area contributed by atoms with Gasteiger partial charge in [-0.25, -0.2) is 9.21 Å². The van der Waals surface area contributed by atoms with Gasteiger partial charge in [0.2, 0.25) is 0 Å². The Balaban J connectivity index is 2.52. The number of fused-ring (bicyclic) bond motifs is 1. The molecule has 0 saturated carbocycles. The van der Waals surface area contributed by atoms with Crippen LogP contribution in [-0.4, -0.2) is 19.7 Å². The normalized spacial score (nSPS) is 10.4. The van der Waals surface area contributed by atoms with Crippen LogP contribution in [0.5, 0.6) is 5.75 Å². The number of aryl methyl sites for hydroxylation is 1. The fourth-order valence-corrected chi connectivity index (χ4v) is 1.74. The van der Waals surface area contributed by atoms with Gasteiger partial charge < -0.3 is 9.47 Å².